The van der Waals surface area contributed by atoms with Gasteiger partial charge in [-0.2, -0.15) is 0 Å². The van der Waals surface area contributed by atoms with E-state index in [1.807, 2.05) is 13.8 Å². The van der Waals surface area contributed by atoms with Gasteiger partial charge >= 0.3 is 0 Å². The van der Waals surface area contributed by atoms with Gasteiger partial charge in [0.15, 0.2) is 5.96 Å². The van der Waals surface area contributed by atoms with Crippen LogP contribution in [-0.4, -0.2) is 42.4 Å². The Hall–Kier alpha value is -1.30. The molecule has 0 saturated carbocycles. The van der Waals surface area contributed by atoms with E-state index in [-0.39, 0.29) is 11.9 Å². The molecule has 0 aliphatic rings. The number of likely N-dealkylation sites (N-methyl/N-ethyl adjacent to an activating group) is 1. The second-order valence-electron chi connectivity index (χ2n) is 3.57. The van der Waals surface area contributed by atoms with Gasteiger partial charge in [-0.05, 0) is 26.7 Å². The standard InChI is InChI=1S/C10H23N5O/c1-3-15(4-2)9(16)8(11)6-5-7-14-10(12)13/h8H,3-7,11H2,1-2H3,(H4,12,13,14)/t8-/m0/s1. The minimum absolute atomic E-state index is 0.00491. The van der Waals surface area contributed by atoms with Crippen LogP contribution >= 0.6 is 0 Å². The van der Waals surface area contributed by atoms with Crippen LogP contribution in [-0.2, 0) is 4.79 Å². The van der Waals surface area contributed by atoms with Crippen molar-refractivity contribution in [3.05, 3.63) is 0 Å². The fraction of sp³-hybridized carbons (Fsp3) is 0.800. The summed E-state index contributed by atoms with van der Waals surface area (Å²) in [6.45, 7) is 5.77. The van der Waals surface area contributed by atoms with Gasteiger partial charge in [0.2, 0.25) is 5.91 Å². The zero-order valence-electron chi connectivity index (χ0n) is 10.1. The number of carbonyl (C=O) groups is 1. The number of hydrogen-bond donors (Lipinski definition) is 3. The first-order valence-corrected chi connectivity index (χ1v) is 5.62. The molecule has 16 heavy (non-hydrogen) atoms. The lowest BCUT2D eigenvalue weighted by Crippen LogP contribution is -2.43. The van der Waals surface area contributed by atoms with Gasteiger partial charge in [-0.3, -0.25) is 9.79 Å². The third-order valence-electron chi connectivity index (χ3n) is 2.36. The van der Waals surface area contributed by atoms with Crippen LogP contribution in [0.5, 0.6) is 0 Å². The molecular formula is C10H23N5O. The number of nitrogens with zero attached hydrogens (tertiary/aromatic N) is 2. The number of guanidine groups is 1. The van der Waals surface area contributed by atoms with Crippen LogP contribution in [0.1, 0.15) is 26.7 Å². The maximum atomic E-state index is 11.7. The van der Waals surface area contributed by atoms with Gasteiger partial charge in [-0.1, -0.05) is 0 Å². The first-order valence-electron chi connectivity index (χ1n) is 5.62. The Balaban J connectivity index is 3.92. The van der Waals surface area contributed by atoms with E-state index >= 15 is 0 Å². The molecule has 0 rings (SSSR count). The highest BCUT2D eigenvalue weighted by molar-refractivity contribution is 5.81. The summed E-state index contributed by atoms with van der Waals surface area (Å²) in [6, 6.07) is -0.450. The summed E-state index contributed by atoms with van der Waals surface area (Å²) in [6.07, 6.45) is 1.32. The molecule has 0 saturated heterocycles. The Kier molecular flexibility index (Phi) is 7.28. The fourth-order valence-electron chi connectivity index (χ4n) is 1.41. The van der Waals surface area contributed by atoms with Gasteiger partial charge in [-0.15, -0.1) is 0 Å². The Morgan fingerprint density at radius 2 is 1.88 bits per heavy atom. The average Bonchev–Trinajstić information content (AvgIpc) is 2.25. The van der Waals surface area contributed by atoms with E-state index in [1.165, 1.54) is 0 Å². The number of nitrogens with two attached hydrogens (primary N) is 3. The van der Waals surface area contributed by atoms with Gasteiger partial charge in [0.05, 0.1) is 6.04 Å². The molecule has 0 heterocycles. The lowest BCUT2D eigenvalue weighted by Gasteiger charge is -2.22. The molecule has 0 bridgehead atoms. The van der Waals surface area contributed by atoms with Crippen molar-refractivity contribution < 1.29 is 4.79 Å². The largest absolute Gasteiger partial charge is 0.370 e. The summed E-state index contributed by atoms with van der Waals surface area (Å²) in [4.78, 5) is 17.3. The van der Waals surface area contributed by atoms with E-state index in [9.17, 15) is 4.79 Å². The van der Waals surface area contributed by atoms with Crippen LogP contribution in [0.25, 0.3) is 0 Å². The van der Waals surface area contributed by atoms with Crippen LogP contribution in [0.4, 0.5) is 0 Å². The molecule has 1 amide bonds. The first kappa shape index (κ1) is 14.7. The molecule has 0 spiro atoms. The molecule has 1 atom stereocenters. The van der Waals surface area contributed by atoms with Gasteiger partial charge in [0.1, 0.15) is 0 Å². The van der Waals surface area contributed by atoms with Crippen molar-refractivity contribution in [3.8, 4) is 0 Å². The molecule has 0 aromatic rings. The molecule has 0 aromatic heterocycles. The SMILES string of the molecule is CCN(CC)C(=O)[C@@H](N)CCCN=C(N)N. The zero-order valence-corrected chi connectivity index (χ0v) is 10.1. The summed E-state index contributed by atoms with van der Waals surface area (Å²) >= 11 is 0. The zero-order chi connectivity index (χ0) is 12.6. The van der Waals surface area contributed by atoms with Crippen molar-refractivity contribution >= 4 is 11.9 Å². The van der Waals surface area contributed by atoms with E-state index < -0.39 is 6.04 Å². The highest BCUT2D eigenvalue weighted by Crippen LogP contribution is 2.00. The molecule has 0 aromatic carbocycles. The van der Waals surface area contributed by atoms with Crippen LogP contribution in [0, 0.1) is 0 Å². The molecule has 94 valence electrons. The molecule has 0 aliphatic heterocycles. The Bertz CT molecular complexity index is 233. The predicted octanol–water partition coefficient (Wildman–Crippen LogP) is -0.764. The highest BCUT2D eigenvalue weighted by atomic mass is 16.2. The third kappa shape index (κ3) is 5.55. The number of hydrogen-bond acceptors (Lipinski definition) is 3. The Morgan fingerprint density at radius 1 is 1.31 bits per heavy atom. The Labute approximate surface area is 96.9 Å². The summed E-state index contributed by atoms with van der Waals surface area (Å²) < 4.78 is 0. The normalized spacial score (nSPS) is 11.9. The molecule has 0 aliphatic carbocycles. The minimum atomic E-state index is -0.450. The summed E-state index contributed by atoms with van der Waals surface area (Å²) in [7, 11) is 0. The second kappa shape index (κ2) is 7.92. The molecule has 0 fully saturated rings. The molecule has 6 N–H and O–H groups in total. The number of aliphatic imine (C=N–C) groups is 1. The van der Waals surface area contributed by atoms with Gasteiger partial charge < -0.3 is 22.1 Å². The topological polar surface area (TPSA) is 111 Å². The van der Waals surface area contributed by atoms with Gasteiger partial charge in [0.25, 0.3) is 0 Å². The summed E-state index contributed by atoms with van der Waals surface area (Å²) in [5, 5.41) is 0. The van der Waals surface area contributed by atoms with Crippen molar-refractivity contribution in [2.75, 3.05) is 19.6 Å². The Morgan fingerprint density at radius 3 is 2.31 bits per heavy atom. The van der Waals surface area contributed by atoms with Crippen LogP contribution in [0.2, 0.25) is 0 Å². The van der Waals surface area contributed by atoms with Crippen molar-refractivity contribution in [2.45, 2.75) is 32.7 Å². The van der Waals surface area contributed by atoms with Crippen molar-refractivity contribution in [1.29, 1.82) is 0 Å². The summed E-state index contributed by atoms with van der Waals surface area (Å²) in [5.41, 5.74) is 16.1. The lowest BCUT2D eigenvalue weighted by atomic mass is 10.1. The minimum Gasteiger partial charge on any atom is -0.370 e. The maximum absolute atomic E-state index is 11.7. The van der Waals surface area contributed by atoms with Crippen LogP contribution in [0.3, 0.4) is 0 Å². The molecule has 0 radical (unpaired) electrons. The van der Waals surface area contributed by atoms with Gasteiger partial charge in [0, 0.05) is 19.6 Å². The third-order valence-corrected chi connectivity index (χ3v) is 2.36. The monoisotopic (exact) mass is 229 g/mol. The van der Waals surface area contributed by atoms with Crippen LogP contribution in [0.15, 0.2) is 4.99 Å². The number of carbonyl (C=O) groups excluding carboxylic acids is 1. The molecule has 6 nitrogen and oxygen atoms in total. The molecule has 0 unspecified atom stereocenters. The van der Waals surface area contributed by atoms with E-state index in [0.29, 0.717) is 32.5 Å². The molecule has 6 heteroatoms. The smallest absolute Gasteiger partial charge is 0.239 e. The summed E-state index contributed by atoms with van der Waals surface area (Å²) in [5.74, 6) is 0.0679. The quantitative estimate of drug-likeness (QED) is 0.302. The highest BCUT2D eigenvalue weighted by Gasteiger charge is 2.17. The van der Waals surface area contributed by atoms with E-state index in [2.05, 4.69) is 4.99 Å². The number of amides is 1. The maximum Gasteiger partial charge on any atom is 0.239 e. The predicted molar refractivity (Wildman–Crippen MR) is 65.8 cm³/mol. The van der Waals surface area contributed by atoms with Gasteiger partial charge in [-0.25, -0.2) is 0 Å². The second-order valence-corrected chi connectivity index (χ2v) is 3.57. The van der Waals surface area contributed by atoms with Crippen molar-refractivity contribution in [3.63, 3.8) is 0 Å². The average molecular weight is 229 g/mol. The van der Waals surface area contributed by atoms with Crippen molar-refractivity contribution in [2.24, 2.45) is 22.2 Å². The fourth-order valence-corrected chi connectivity index (χ4v) is 1.41. The van der Waals surface area contributed by atoms with Crippen molar-refractivity contribution in [1.82, 2.24) is 4.90 Å². The van der Waals surface area contributed by atoms with Crippen LogP contribution < -0.4 is 17.2 Å². The van der Waals surface area contributed by atoms with E-state index in [0.717, 1.165) is 0 Å². The molecular weight excluding hydrogens is 206 g/mol. The van der Waals surface area contributed by atoms with E-state index in [1.54, 1.807) is 4.90 Å². The lowest BCUT2D eigenvalue weighted by molar-refractivity contribution is -0.132. The van der Waals surface area contributed by atoms with E-state index in [4.69, 9.17) is 17.2 Å². The number of rotatable bonds is 7. The first-order chi connectivity index (χ1) is 7.52.